The van der Waals surface area contributed by atoms with E-state index in [0.717, 1.165) is 0 Å². The van der Waals surface area contributed by atoms with E-state index in [4.69, 9.17) is 4.74 Å². The lowest BCUT2D eigenvalue weighted by Crippen LogP contribution is -2.32. The van der Waals surface area contributed by atoms with Crippen LogP contribution in [0, 0.1) is 0 Å². The summed E-state index contributed by atoms with van der Waals surface area (Å²) in [5, 5.41) is 12.5. The first kappa shape index (κ1) is 15.8. The fourth-order valence-corrected chi connectivity index (χ4v) is 2.26. The normalized spacial score (nSPS) is 13.7. The van der Waals surface area contributed by atoms with Gasteiger partial charge in [-0.25, -0.2) is 9.78 Å². The lowest BCUT2D eigenvalue weighted by molar-refractivity contribution is 0.0527. The highest BCUT2D eigenvalue weighted by Crippen LogP contribution is 2.18. The Morgan fingerprint density at radius 3 is 2.95 bits per heavy atom. The summed E-state index contributed by atoms with van der Waals surface area (Å²) in [5.74, 6) is 0.0935. The van der Waals surface area contributed by atoms with Crippen LogP contribution in [0.2, 0.25) is 0 Å². The lowest BCUT2D eigenvalue weighted by atomic mass is 10.2. The molecule has 0 saturated carbocycles. The zero-order chi connectivity index (χ0) is 14.3. The first-order valence-corrected chi connectivity index (χ1v) is 7.45. The fourth-order valence-electron chi connectivity index (χ4n) is 1.64. The SMILES string of the molecule is CCOC(=O)c1cccnc1N[C@@H](C)[C@H](CO)SC. The van der Waals surface area contributed by atoms with Crippen molar-refractivity contribution >= 4 is 23.5 Å². The van der Waals surface area contributed by atoms with Gasteiger partial charge in [0.15, 0.2) is 0 Å². The first-order valence-electron chi connectivity index (χ1n) is 6.16. The van der Waals surface area contributed by atoms with E-state index < -0.39 is 5.97 Å². The third kappa shape index (κ3) is 4.40. The average Bonchev–Trinajstić information content (AvgIpc) is 2.41. The maximum Gasteiger partial charge on any atom is 0.341 e. The summed E-state index contributed by atoms with van der Waals surface area (Å²) in [6.07, 6.45) is 3.55. The summed E-state index contributed by atoms with van der Waals surface area (Å²) in [7, 11) is 0. The Morgan fingerprint density at radius 1 is 1.63 bits per heavy atom. The van der Waals surface area contributed by atoms with Crippen LogP contribution >= 0.6 is 11.8 Å². The number of aromatic nitrogens is 1. The molecule has 0 amide bonds. The van der Waals surface area contributed by atoms with Gasteiger partial charge in [-0.3, -0.25) is 0 Å². The number of pyridine rings is 1. The molecule has 2 N–H and O–H groups in total. The maximum atomic E-state index is 11.8. The average molecular weight is 284 g/mol. The molecule has 0 aliphatic carbocycles. The van der Waals surface area contributed by atoms with Gasteiger partial charge in [-0.15, -0.1) is 0 Å². The van der Waals surface area contributed by atoms with Crippen molar-refractivity contribution in [3.63, 3.8) is 0 Å². The molecule has 2 atom stereocenters. The van der Waals surface area contributed by atoms with Crippen LogP contribution in [0.3, 0.4) is 0 Å². The minimum atomic E-state index is -0.394. The predicted molar refractivity (Wildman–Crippen MR) is 77.7 cm³/mol. The second-order valence-electron chi connectivity index (χ2n) is 4.01. The Labute approximate surface area is 117 Å². The molecule has 6 heteroatoms. The van der Waals surface area contributed by atoms with Gasteiger partial charge in [-0.2, -0.15) is 11.8 Å². The summed E-state index contributed by atoms with van der Waals surface area (Å²) >= 11 is 1.57. The summed E-state index contributed by atoms with van der Waals surface area (Å²) in [5.41, 5.74) is 0.411. The van der Waals surface area contributed by atoms with Gasteiger partial charge in [0, 0.05) is 17.5 Å². The summed E-state index contributed by atoms with van der Waals surface area (Å²) in [6.45, 7) is 4.10. The van der Waals surface area contributed by atoms with Gasteiger partial charge in [0.25, 0.3) is 0 Å². The number of esters is 1. The number of nitrogens with one attached hydrogen (secondary N) is 1. The standard InChI is InChI=1S/C13H20N2O3S/c1-4-18-13(17)10-6-5-7-14-12(10)15-9(2)11(8-16)19-3/h5-7,9,11,16H,4,8H2,1-3H3,(H,14,15)/t9-,11-/m0/s1. The van der Waals surface area contributed by atoms with Gasteiger partial charge in [-0.05, 0) is 32.2 Å². The van der Waals surface area contributed by atoms with Crippen LogP contribution in [-0.4, -0.2) is 46.8 Å². The highest BCUT2D eigenvalue weighted by Gasteiger charge is 2.19. The zero-order valence-electron chi connectivity index (χ0n) is 11.4. The van der Waals surface area contributed by atoms with E-state index in [1.165, 1.54) is 0 Å². The van der Waals surface area contributed by atoms with E-state index in [9.17, 15) is 9.90 Å². The summed E-state index contributed by atoms with van der Waals surface area (Å²) in [6, 6.07) is 3.36. The smallest absolute Gasteiger partial charge is 0.341 e. The zero-order valence-corrected chi connectivity index (χ0v) is 12.2. The van der Waals surface area contributed by atoms with Gasteiger partial charge in [-0.1, -0.05) is 0 Å². The van der Waals surface area contributed by atoms with Crippen molar-refractivity contribution < 1.29 is 14.6 Å². The number of ether oxygens (including phenoxy) is 1. The van der Waals surface area contributed by atoms with Crippen molar-refractivity contribution in [3.8, 4) is 0 Å². The van der Waals surface area contributed by atoms with Gasteiger partial charge in [0.05, 0.1) is 13.2 Å². The second-order valence-corrected chi connectivity index (χ2v) is 5.09. The van der Waals surface area contributed by atoms with E-state index in [2.05, 4.69) is 10.3 Å². The Morgan fingerprint density at radius 2 is 2.37 bits per heavy atom. The fraction of sp³-hybridized carbons (Fsp3) is 0.538. The number of thioether (sulfide) groups is 1. The number of aliphatic hydroxyl groups is 1. The van der Waals surface area contributed by atoms with Gasteiger partial charge in [0.1, 0.15) is 11.4 Å². The van der Waals surface area contributed by atoms with Crippen LogP contribution in [0.15, 0.2) is 18.3 Å². The van der Waals surface area contributed by atoms with E-state index in [1.54, 1.807) is 37.0 Å². The molecule has 0 aliphatic heterocycles. The number of carbonyl (C=O) groups is 1. The highest BCUT2D eigenvalue weighted by atomic mass is 32.2. The minimum absolute atomic E-state index is 0.0110. The second kappa shape index (κ2) is 8.01. The molecule has 0 aromatic carbocycles. The van der Waals surface area contributed by atoms with Crippen LogP contribution in [0.4, 0.5) is 5.82 Å². The largest absolute Gasteiger partial charge is 0.462 e. The lowest BCUT2D eigenvalue weighted by Gasteiger charge is -2.22. The third-order valence-electron chi connectivity index (χ3n) is 2.71. The molecular weight excluding hydrogens is 264 g/mol. The summed E-state index contributed by atoms with van der Waals surface area (Å²) < 4.78 is 4.99. The van der Waals surface area contributed by atoms with Crippen LogP contribution in [0.1, 0.15) is 24.2 Å². The van der Waals surface area contributed by atoms with Gasteiger partial charge < -0.3 is 15.2 Å². The topological polar surface area (TPSA) is 71.5 Å². The summed E-state index contributed by atoms with van der Waals surface area (Å²) in [4.78, 5) is 16.0. The molecule has 19 heavy (non-hydrogen) atoms. The Kier molecular flexibility index (Phi) is 6.66. The number of nitrogens with zero attached hydrogens (tertiary/aromatic N) is 1. The number of hydrogen-bond donors (Lipinski definition) is 2. The molecule has 1 heterocycles. The first-order chi connectivity index (χ1) is 9.13. The Bertz CT molecular complexity index is 411. The van der Waals surface area contributed by atoms with Crippen molar-refractivity contribution in [2.75, 3.05) is 24.8 Å². The van der Waals surface area contributed by atoms with E-state index in [0.29, 0.717) is 18.0 Å². The number of carbonyl (C=O) groups excluding carboxylic acids is 1. The molecule has 0 unspecified atom stereocenters. The van der Waals surface area contributed by atoms with Crippen LogP contribution in [0.5, 0.6) is 0 Å². The minimum Gasteiger partial charge on any atom is -0.462 e. The molecule has 0 spiro atoms. The molecule has 106 valence electrons. The molecule has 0 bridgehead atoms. The van der Waals surface area contributed by atoms with Crippen molar-refractivity contribution in [1.82, 2.24) is 4.98 Å². The molecular formula is C13H20N2O3S. The number of hydrogen-bond acceptors (Lipinski definition) is 6. The molecule has 0 fully saturated rings. The van der Waals surface area contributed by atoms with Crippen molar-refractivity contribution in [2.24, 2.45) is 0 Å². The highest BCUT2D eigenvalue weighted by molar-refractivity contribution is 7.99. The molecule has 0 aliphatic rings. The third-order valence-corrected chi connectivity index (χ3v) is 3.87. The molecule has 0 radical (unpaired) electrons. The number of rotatable bonds is 7. The Hall–Kier alpha value is -1.27. The molecule has 1 aromatic rings. The molecule has 5 nitrogen and oxygen atoms in total. The Balaban J connectivity index is 2.86. The maximum absolute atomic E-state index is 11.8. The number of aliphatic hydroxyl groups excluding tert-OH is 1. The molecule has 0 saturated heterocycles. The molecule has 1 aromatic heterocycles. The van der Waals surface area contributed by atoms with Gasteiger partial charge in [0.2, 0.25) is 0 Å². The van der Waals surface area contributed by atoms with Crippen LogP contribution in [-0.2, 0) is 4.74 Å². The quantitative estimate of drug-likeness (QED) is 0.744. The predicted octanol–water partition coefficient (Wildman–Crippen LogP) is 1.78. The van der Waals surface area contributed by atoms with Gasteiger partial charge >= 0.3 is 5.97 Å². The van der Waals surface area contributed by atoms with Crippen molar-refractivity contribution in [3.05, 3.63) is 23.9 Å². The van der Waals surface area contributed by atoms with Crippen LogP contribution < -0.4 is 5.32 Å². The van der Waals surface area contributed by atoms with Crippen LogP contribution in [0.25, 0.3) is 0 Å². The van der Waals surface area contributed by atoms with Crippen molar-refractivity contribution in [1.29, 1.82) is 0 Å². The molecule has 1 rings (SSSR count). The number of anilines is 1. The van der Waals surface area contributed by atoms with E-state index in [1.807, 2.05) is 13.2 Å². The van der Waals surface area contributed by atoms with E-state index >= 15 is 0 Å². The van der Waals surface area contributed by atoms with Crippen molar-refractivity contribution in [2.45, 2.75) is 25.1 Å². The monoisotopic (exact) mass is 284 g/mol. The van der Waals surface area contributed by atoms with E-state index in [-0.39, 0.29) is 17.9 Å².